The monoisotopic (exact) mass is 424 g/mol. The van der Waals surface area contributed by atoms with E-state index < -0.39 is 22.1 Å². The summed E-state index contributed by atoms with van der Waals surface area (Å²) in [5.41, 5.74) is 1.53. The molecule has 2 aromatic carbocycles. The molecular weight excluding hydrogens is 400 g/mol. The third-order valence-electron chi connectivity index (χ3n) is 4.70. The summed E-state index contributed by atoms with van der Waals surface area (Å²) in [6.07, 6.45) is 0.930. The topological polar surface area (TPSA) is 76.6 Å². The average Bonchev–Trinajstić information content (AvgIpc) is 2.79. The SMILES string of the molecule is CCN(CC)S(=O)(=O)c1cccc(C(=O)OC(c2ccccc2)c2ccccn2)c1. The van der Waals surface area contributed by atoms with Crippen molar-refractivity contribution in [2.75, 3.05) is 13.1 Å². The summed E-state index contributed by atoms with van der Waals surface area (Å²) >= 11 is 0. The summed E-state index contributed by atoms with van der Waals surface area (Å²) in [5.74, 6) is -0.619. The van der Waals surface area contributed by atoms with E-state index in [2.05, 4.69) is 4.98 Å². The van der Waals surface area contributed by atoms with Crippen molar-refractivity contribution in [3.63, 3.8) is 0 Å². The Morgan fingerprint density at radius 1 is 0.967 bits per heavy atom. The van der Waals surface area contributed by atoms with Crippen molar-refractivity contribution < 1.29 is 17.9 Å². The predicted octanol–water partition coefficient (Wildman–Crippen LogP) is 4.06. The van der Waals surface area contributed by atoms with E-state index >= 15 is 0 Å². The van der Waals surface area contributed by atoms with E-state index in [0.29, 0.717) is 18.8 Å². The van der Waals surface area contributed by atoms with Crippen LogP contribution in [0, 0.1) is 0 Å². The van der Waals surface area contributed by atoms with Gasteiger partial charge in [0.25, 0.3) is 0 Å². The minimum absolute atomic E-state index is 0.0646. The van der Waals surface area contributed by atoms with Gasteiger partial charge in [-0.25, -0.2) is 13.2 Å². The van der Waals surface area contributed by atoms with E-state index in [1.165, 1.54) is 16.4 Å². The summed E-state index contributed by atoms with van der Waals surface area (Å²) in [5, 5.41) is 0. The van der Waals surface area contributed by atoms with Crippen LogP contribution in [0.3, 0.4) is 0 Å². The number of hydrogen-bond acceptors (Lipinski definition) is 5. The molecule has 6 nitrogen and oxygen atoms in total. The fraction of sp³-hybridized carbons (Fsp3) is 0.217. The Morgan fingerprint density at radius 2 is 1.67 bits per heavy atom. The Hall–Kier alpha value is -3.03. The first kappa shape index (κ1) is 21.7. The molecule has 1 aromatic heterocycles. The van der Waals surface area contributed by atoms with Gasteiger partial charge in [-0.3, -0.25) is 4.98 Å². The van der Waals surface area contributed by atoms with Gasteiger partial charge in [-0.2, -0.15) is 4.31 Å². The number of rotatable bonds is 8. The van der Waals surface area contributed by atoms with Gasteiger partial charge in [0.05, 0.1) is 16.2 Å². The first-order valence-corrected chi connectivity index (χ1v) is 11.2. The molecule has 0 aliphatic rings. The Kier molecular flexibility index (Phi) is 6.97. The van der Waals surface area contributed by atoms with E-state index in [9.17, 15) is 13.2 Å². The highest BCUT2D eigenvalue weighted by Crippen LogP contribution is 2.26. The van der Waals surface area contributed by atoms with Crippen LogP contribution in [0.2, 0.25) is 0 Å². The van der Waals surface area contributed by atoms with Crippen LogP contribution < -0.4 is 0 Å². The molecule has 0 aliphatic heterocycles. The summed E-state index contributed by atoms with van der Waals surface area (Å²) in [7, 11) is -3.68. The highest BCUT2D eigenvalue weighted by molar-refractivity contribution is 7.89. The quantitative estimate of drug-likeness (QED) is 0.510. The number of pyridine rings is 1. The van der Waals surface area contributed by atoms with Crippen molar-refractivity contribution in [3.05, 3.63) is 95.8 Å². The molecule has 0 saturated carbocycles. The van der Waals surface area contributed by atoms with Crippen LogP contribution in [0.5, 0.6) is 0 Å². The molecule has 3 aromatic rings. The Bertz CT molecular complexity index is 1040. The largest absolute Gasteiger partial charge is 0.447 e. The second-order valence-electron chi connectivity index (χ2n) is 6.57. The molecule has 156 valence electrons. The lowest BCUT2D eigenvalue weighted by atomic mass is 10.1. The zero-order valence-electron chi connectivity index (χ0n) is 16.9. The van der Waals surface area contributed by atoms with Crippen molar-refractivity contribution in [1.82, 2.24) is 9.29 Å². The Balaban J connectivity index is 1.92. The number of aromatic nitrogens is 1. The molecule has 0 aliphatic carbocycles. The maximum Gasteiger partial charge on any atom is 0.339 e. The molecule has 0 N–H and O–H groups in total. The molecule has 1 atom stereocenters. The second-order valence-corrected chi connectivity index (χ2v) is 8.51. The lowest BCUT2D eigenvalue weighted by Crippen LogP contribution is -2.30. The van der Waals surface area contributed by atoms with Gasteiger partial charge in [-0.15, -0.1) is 0 Å². The molecule has 0 fully saturated rings. The van der Waals surface area contributed by atoms with Gasteiger partial charge in [-0.1, -0.05) is 56.3 Å². The zero-order chi connectivity index (χ0) is 21.6. The number of hydrogen-bond donors (Lipinski definition) is 0. The first-order valence-electron chi connectivity index (χ1n) is 9.74. The number of nitrogens with zero attached hydrogens (tertiary/aromatic N) is 2. The van der Waals surface area contributed by atoms with Gasteiger partial charge in [0.15, 0.2) is 6.10 Å². The zero-order valence-corrected chi connectivity index (χ0v) is 17.7. The van der Waals surface area contributed by atoms with Crippen LogP contribution >= 0.6 is 0 Å². The minimum Gasteiger partial charge on any atom is -0.447 e. The van der Waals surface area contributed by atoms with Crippen molar-refractivity contribution in [2.24, 2.45) is 0 Å². The van der Waals surface area contributed by atoms with Crippen LogP contribution in [-0.4, -0.2) is 36.8 Å². The van der Waals surface area contributed by atoms with Gasteiger partial charge in [0.2, 0.25) is 10.0 Å². The molecular formula is C23H24N2O4S. The molecule has 0 saturated heterocycles. The minimum atomic E-state index is -3.68. The van der Waals surface area contributed by atoms with E-state index in [4.69, 9.17) is 4.74 Å². The smallest absolute Gasteiger partial charge is 0.339 e. The number of carbonyl (C=O) groups is 1. The van der Waals surface area contributed by atoms with Gasteiger partial charge in [0, 0.05) is 19.3 Å². The van der Waals surface area contributed by atoms with E-state index in [1.807, 2.05) is 36.4 Å². The number of carbonyl (C=O) groups excluding carboxylic acids is 1. The lowest BCUT2D eigenvalue weighted by Gasteiger charge is -2.20. The Morgan fingerprint density at radius 3 is 2.30 bits per heavy atom. The number of esters is 1. The third-order valence-corrected chi connectivity index (χ3v) is 6.74. The molecule has 1 heterocycles. The van der Waals surface area contributed by atoms with Crippen LogP contribution in [0.1, 0.15) is 41.6 Å². The number of ether oxygens (including phenoxy) is 1. The summed E-state index contributed by atoms with van der Waals surface area (Å²) in [6, 6.07) is 20.6. The molecule has 7 heteroatoms. The first-order chi connectivity index (χ1) is 14.5. The van der Waals surface area contributed by atoms with Gasteiger partial charge < -0.3 is 4.74 Å². The lowest BCUT2D eigenvalue weighted by molar-refractivity contribution is 0.0370. The third kappa shape index (κ3) is 4.75. The molecule has 0 bridgehead atoms. The predicted molar refractivity (Wildman–Crippen MR) is 114 cm³/mol. The average molecular weight is 425 g/mol. The maximum atomic E-state index is 12.9. The van der Waals surface area contributed by atoms with Crippen molar-refractivity contribution in [3.8, 4) is 0 Å². The number of sulfonamides is 1. The normalized spacial score (nSPS) is 12.5. The highest BCUT2D eigenvalue weighted by atomic mass is 32.2. The van der Waals surface area contributed by atoms with Crippen LogP contribution in [0.15, 0.2) is 83.9 Å². The molecule has 0 amide bonds. The molecule has 0 radical (unpaired) electrons. The number of benzene rings is 2. The second kappa shape index (κ2) is 9.65. The van der Waals surface area contributed by atoms with Gasteiger partial charge in [-0.05, 0) is 35.9 Å². The molecule has 30 heavy (non-hydrogen) atoms. The van der Waals surface area contributed by atoms with E-state index in [1.54, 1.807) is 44.3 Å². The van der Waals surface area contributed by atoms with Gasteiger partial charge >= 0.3 is 5.97 Å². The van der Waals surface area contributed by atoms with Gasteiger partial charge in [0.1, 0.15) is 0 Å². The van der Waals surface area contributed by atoms with E-state index in [-0.39, 0.29) is 10.5 Å². The molecule has 3 rings (SSSR count). The van der Waals surface area contributed by atoms with E-state index in [0.717, 1.165) is 5.56 Å². The molecule has 1 unspecified atom stereocenters. The fourth-order valence-electron chi connectivity index (χ4n) is 3.13. The highest BCUT2D eigenvalue weighted by Gasteiger charge is 2.25. The van der Waals surface area contributed by atoms with Crippen LogP contribution in [-0.2, 0) is 14.8 Å². The van der Waals surface area contributed by atoms with Crippen molar-refractivity contribution in [1.29, 1.82) is 0 Å². The summed E-state index contributed by atoms with van der Waals surface area (Å²) in [4.78, 5) is 17.3. The van der Waals surface area contributed by atoms with Crippen molar-refractivity contribution in [2.45, 2.75) is 24.8 Å². The summed E-state index contributed by atoms with van der Waals surface area (Å²) < 4.78 is 32.7. The summed E-state index contributed by atoms with van der Waals surface area (Å²) in [6.45, 7) is 4.25. The standard InChI is InChI=1S/C23H24N2O4S/c1-3-25(4-2)30(27,28)20-14-10-13-19(17-20)23(26)29-22(18-11-6-5-7-12-18)21-15-8-9-16-24-21/h5-17,22H,3-4H2,1-2H3. The Labute approximate surface area is 177 Å². The van der Waals surface area contributed by atoms with Crippen LogP contribution in [0.25, 0.3) is 0 Å². The fourth-order valence-corrected chi connectivity index (χ4v) is 4.63. The van der Waals surface area contributed by atoms with Crippen LogP contribution in [0.4, 0.5) is 0 Å². The molecule has 0 spiro atoms. The maximum absolute atomic E-state index is 12.9. The van der Waals surface area contributed by atoms with Crippen molar-refractivity contribution >= 4 is 16.0 Å².